The average Bonchev–Trinajstić information content (AvgIpc) is 2.29. The van der Waals surface area contributed by atoms with Gasteiger partial charge in [-0.25, -0.2) is 8.78 Å². The lowest BCUT2D eigenvalue weighted by Crippen LogP contribution is -2.53. The summed E-state index contributed by atoms with van der Waals surface area (Å²) in [6, 6.07) is -0.439. The Morgan fingerprint density at radius 1 is 1.41 bits per heavy atom. The van der Waals surface area contributed by atoms with Crippen molar-refractivity contribution < 1.29 is 22.4 Å². The third kappa shape index (κ3) is 3.08. The van der Waals surface area contributed by atoms with E-state index in [9.17, 15) is 22.4 Å². The highest BCUT2D eigenvalue weighted by Crippen LogP contribution is 2.29. The minimum Gasteiger partial charge on any atom is -0.334 e. The molecule has 0 aliphatic carbocycles. The second kappa shape index (κ2) is 5.66. The zero-order valence-electron chi connectivity index (χ0n) is 9.34. The third-order valence-corrected chi connectivity index (χ3v) is 2.95. The van der Waals surface area contributed by atoms with Gasteiger partial charge in [0.15, 0.2) is 0 Å². The summed E-state index contributed by atoms with van der Waals surface area (Å²) in [5, 5.41) is 0. The molecule has 1 rings (SSSR count). The van der Waals surface area contributed by atoms with Crippen molar-refractivity contribution in [2.75, 3.05) is 13.1 Å². The fourth-order valence-electron chi connectivity index (χ4n) is 2.05. The first-order valence-corrected chi connectivity index (χ1v) is 5.58. The molecule has 1 aliphatic rings. The Balaban J connectivity index is 2.77. The lowest BCUT2D eigenvalue weighted by atomic mass is 9.98. The Labute approximate surface area is 96.9 Å². The Morgan fingerprint density at radius 3 is 2.59 bits per heavy atom. The topological polar surface area (TPSA) is 46.3 Å². The maximum Gasteiger partial charge on any atom is 0.383 e. The predicted octanol–water partition coefficient (Wildman–Crippen LogP) is 1.62. The molecule has 0 radical (unpaired) electrons. The molecule has 0 saturated carbocycles. The van der Waals surface area contributed by atoms with Crippen LogP contribution in [0.2, 0.25) is 0 Å². The highest BCUT2D eigenvalue weighted by molar-refractivity contribution is 5.84. The van der Waals surface area contributed by atoms with E-state index in [1.54, 1.807) is 0 Å². The first-order chi connectivity index (χ1) is 7.91. The second-order valence-electron chi connectivity index (χ2n) is 4.15. The number of halogens is 4. The van der Waals surface area contributed by atoms with Crippen LogP contribution >= 0.6 is 0 Å². The molecular formula is C10H16F4N2O. The Bertz CT molecular complexity index is 271. The van der Waals surface area contributed by atoms with Gasteiger partial charge in [0, 0.05) is 12.6 Å². The predicted molar refractivity (Wildman–Crippen MR) is 54.0 cm³/mol. The average molecular weight is 256 g/mol. The number of hydrogen-bond donors (Lipinski definition) is 1. The van der Waals surface area contributed by atoms with Gasteiger partial charge in [0.1, 0.15) is 0 Å². The van der Waals surface area contributed by atoms with Gasteiger partial charge in [-0.05, 0) is 32.2 Å². The number of piperidine rings is 1. The number of nitrogens with two attached hydrogens (primary N) is 1. The molecule has 17 heavy (non-hydrogen) atoms. The van der Waals surface area contributed by atoms with Crippen LogP contribution in [0.15, 0.2) is 0 Å². The molecule has 0 bridgehead atoms. The van der Waals surface area contributed by atoms with E-state index < -0.39 is 24.3 Å². The molecule has 0 aromatic rings. The van der Waals surface area contributed by atoms with Crippen LogP contribution in [0.5, 0.6) is 0 Å². The van der Waals surface area contributed by atoms with Crippen molar-refractivity contribution in [2.45, 2.75) is 44.1 Å². The van der Waals surface area contributed by atoms with Gasteiger partial charge in [-0.15, -0.1) is 0 Å². The molecule has 1 heterocycles. The molecule has 1 amide bonds. The second-order valence-corrected chi connectivity index (χ2v) is 4.15. The molecule has 1 unspecified atom stereocenters. The van der Waals surface area contributed by atoms with E-state index in [2.05, 4.69) is 0 Å². The monoisotopic (exact) mass is 256 g/mol. The van der Waals surface area contributed by atoms with Crippen LogP contribution < -0.4 is 5.73 Å². The van der Waals surface area contributed by atoms with Crippen molar-refractivity contribution >= 4 is 5.91 Å². The molecule has 1 atom stereocenters. The fourth-order valence-corrected chi connectivity index (χ4v) is 2.05. The summed E-state index contributed by atoms with van der Waals surface area (Å²) in [5.74, 6) is -6.37. The fraction of sp³-hybridized carbons (Fsp3) is 0.900. The smallest absolute Gasteiger partial charge is 0.334 e. The molecule has 0 aromatic carbocycles. The van der Waals surface area contributed by atoms with Crippen molar-refractivity contribution in [3.63, 3.8) is 0 Å². The lowest BCUT2D eigenvalue weighted by molar-refractivity contribution is -0.184. The van der Waals surface area contributed by atoms with E-state index in [4.69, 9.17) is 5.73 Å². The molecule has 3 nitrogen and oxygen atoms in total. The number of amides is 1. The largest absolute Gasteiger partial charge is 0.383 e. The van der Waals surface area contributed by atoms with Gasteiger partial charge in [-0.1, -0.05) is 0 Å². The van der Waals surface area contributed by atoms with Crippen LogP contribution in [-0.4, -0.2) is 42.3 Å². The summed E-state index contributed by atoms with van der Waals surface area (Å²) >= 11 is 0. The maximum atomic E-state index is 13.0. The molecule has 1 aliphatic heterocycles. The minimum absolute atomic E-state index is 0.103. The highest BCUT2D eigenvalue weighted by atomic mass is 19.3. The summed E-state index contributed by atoms with van der Waals surface area (Å²) in [7, 11) is 0. The zero-order valence-corrected chi connectivity index (χ0v) is 9.34. The van der Waals surface area contributed by atoms with Crippen LogP contribution in [0.3, 0.4) is 0 Å². The van der Waals surface area contributed by atoms with Crippen molar-refractivity contribution in [3.05, 3.63) is 0 Å². The third-order valence-electron chi connectivity index (χ3n) is 2.95. The molecule has 2 N–H and O–H groups in total. The molecule has 1 fully saturated rings. The van der Waals surface area contributed by atoms with Crippen LogP contribution in [0, 0.1) is 0 Å². The quantitative estimate of drug-likeness (QED) is 0.777. The maximum absolute atomic E-state index is 13.0. The molecule has 100 valence electrons. The first-order valence-electron chi connectivity index (χ1n) is 5.58. The molecule has 7 heteroatoms. The molecule has 0 spiro atoms. The number of likely N-dealkylation sites (tertiary alicyclic amines) is 1. The van der Waals surface area contributed by atoms with Crippen LogP contribution in [0.25, 0.3) is 0 Å². The number of alkyl halides is 4. The SMILES string of the molecule is NCCC1CCCCN1C(=O)C(F)(F)C(F)F. The van der Waals surface area contributed by atoms with Crippen molar-refractivity contribution in [2.24, 2.45) is 5.73 Å². The van der Waals surface area contributed by atoms with Crippen LogP contribution in [-0.2, 0) is 4.79 Å². The number of carbonyl (C=O) groups excluding carboxylic acids is 1. The molecule has 0 aromatic heterocycles. The number of carbonyl (C=O) groups is 1. The summed E-state index contributed by atoms with van der Waals surface area (Å²) < 4.78 is 50.1. The summed E-state index contributed by atoms with van der Waals surface area (Å²) in [5.41, 5.74) is 5.32. The van der Waals surface area contributed by atoms with Gasteiger partial charge in [-0.2, -0.15) is 8.78 Å². The number of hydrogen-bond acceptors (Lipinski definition) is 2. The standard InChI is InChI=1S/C10H16F4N2O/c11-8(12)10(13,14)9(17)16-6-2-1-3-7(16)4-5-15/h7-8H,1-6,15H2. The van der Waals surface area contributed by atoms with Gasteiger partial charge in [-0.3, -0.25) is 4.79 Å². The van der Waals surface area contributed by atoms with Crippen LogP contribution in [0.1, 0.15) is 25.7 Å². The number of nitrogens with zero attached hydrogens (tertiary/aromatic N) is 1. The summed E-state index contributed by atoms with van der Waals surface area (Å²) in [6.07, 6.45) is -1.69. The Morgan fingerprint density at radius 2 is 2.06 bits per heavy atom. The van der Waals surface area contributed by atoms with Crippen molar-refractivity contribution in [3.8, 4) is 0 Å². The normalized spacial score (nSPS) is 22.0. The van der Waals surface area contributed by atoms with E-state index >= 15 is 0 Å². The van der Waals surface area contributed by atoms with Gasteiger partial charge >= 0.3 is 12.3 Å². The van der Waals surface area contributed by atoms with Gasteiger partial charge in [0.05, 0.1) is 0 Å². The van der Waals surface area contributed by atoms with Crippen molar-refractivity contribution in [1.82, 2.24) is 4.90 Å². The van der Waals surface area contributed by atoms with Crippen molar-refractivity contribution in [1.29, 1.82) is 0 Å². The van der Waals surface area contributed by atoms with Crippen LogP contribution in [0.4, 0.5) is 17.6 Å². The Hall–Kier alpha value is -0.850. The van der Waals surface area contributed by atoms with E-state index in [1.165, 1.54) is 0 Å². The lowest BCUT2D eigenvalue weighted by Gasteiger charge is -2.37. The van der Waals surface area contributed by atoms with E-state index in [0.29, 0.717) is 19.3 Å². The zero-order chi connectivity index (χ0) is 13.1. The van der Waals surface area contributed by atoms with Gasteiger partial charge < -0.3 is 10.6 Å². The van der Waals surface area contributed by atoms with Gasteiger partial charge in [0.2, 0.25) is 0 Å². The van der Waals surface area contributed by atoms with E-state index in [1.807, 2.05) is 0 Å². The Kier molecular flexibility index (Phi) is 4.73. The summed E-state index contributed by atoms with van der Waals surface area (Å²) in [4.78, 5) is 12.3. The summed E-state index contributed by atoms with van der Waals surface area (Å²) in [6.45, 7) is 0.348. The minimum atomic E-state index is -4.59. The van der Waals surface area contributed by atoms with E-state index in [0.717, 1.165) is 11.3 Å². The first kappa shape index (κ1) is 14.2. The van der Waals surface area contributed by atoms with Gasteiger partial charge in [0.25, 0.3) is 5.91 Å². The molecular weight excluding hydrogens is 240 g/mol. The number of rotatable bonds is 4. The highest BCUT2D eigenvalue weighted by Gasteiger charge is 2.52. The molecule has 1 saturated heterocycles. The van der Waals surface area contributed by atoms with E-state index in [-0.39, 0.29) is 13.1 Å².